The summed E-state index contributed by atoms with van der Waals surface area (Å²) >= 11 is 1.54. The Morgan fingerprint density at radius 1 is 0.903 bits per heavy atom. The lowest BCUT2D eigenvalue weighted by Gasteiger charge is -2.53. The molecular formula is C25H25FO4S. The van der Waals surface area contributed by atoms with Crippen LogP contribution < -0.4 is 0 Å². The summed E-state index contributed by atoms with van der Waals surface area (Å²) in [6, 6.07) is 0. The highest BCUT2D eigenvalue weighted by Gasteiger charge is 2.68. The Kier molecular flexibility index (Phi) is 4.51. The number of ether oxygens (including phenoxy) is 4. The predicted molar refractivity (Wildman–Crippen MR) is 118 cm³/mol. The van der Waals surface area contributed by atoms with Gasteiger partial charge >= 0.3 is 0 Å². The largest absolute Gasteiger partial charge is 0.496 e. The summed E-state index contributed by atoms with van der Waals surface area (Å²) in [6.07, 6.45) is 25.8. The van der Waals surface area contributed by atoms with E-state index in [1.54, 1.807) is 30.5 Å². The molecule has 0 radical (unpaired) electrons. The van der Waals surface area contributed by atoms with E-state index in [0.29, 0.717) is 18.4 Å². The number of hydrogen-bond acceptors (Lipinski definition) is 5. The number of alkyl halides is 1. The molecule has 0 aromatic heterocycles. The van der Waals surface area contributed by atoms with Gasteiger partial charge in [-0.2, -0.15) is 0 Å². The van der Waals surface area contributed by atoms with Crippen molar-refractivity contribution in [1.29, 1.82) is 0 Å². The fraction of sp³-hybridized carbons (Fsp3) is 0.440. The van der Waals surface area contributed by atoms with Crippen LogP contribution in [0, 0.1) is 0 Å². The van der Waals surface area contributed by atoms with Gasteiger partial charge in [-0.3, -0.25) is 0 Å². The summed E-state index contributed by atoms with van der Waals surface area (Å²) in [5.41, 5.74) is -1.32. The van der Waals surface area contributed by atoms with Crippen molar-refractivity contribution in [3.8, 4) is 0 Å². The molecule has 31 heavy (non-hydrogen) atoms. The summed E-state index contributed by atoms with van der Waals surface area (Å²) in [6.45, 7) is 0. The molecule has 0 aromatic rings. The van der Waals surface area contributed by atoms with Crippen molar-refractivity contribution in [2.45, 2.75) is 65.4 Å². The van der Waals surface area contributed by atoms with Gasteiger partial charge in [-0.25, -0.2) is 4.39 Å². The Morgan fingerprint density at radius 2 is 1.74 bits per heavy atom. The summed E-state index contributed by atoms with van der Waals surface area (Å²) in [4.78, 5) is -0.560. The van der Waals surface area contributed by atoms with Gasteiger partial charge in [-0.15, -0.1) is 11.8 Å². The van der Waals surface area contributed by atoms with Crippen molar-refractivity contribution >= 4 is 11.8 Å². The van der Waals surface area contributed by atoms with E-state index in [2.05, 4.69) is 12.2 Å². The third-order valence-electron chi connectivity index (χ3n) is 6.95. The number of thioether (sulfide) groups is 1. The maximum Gasteiger partial charge on any atom is 0.194 e. The summed E-state index contributed by atoms with van der Waals surface area (Å²) in [5, 5.41) is 0. The standard InChI is InChI=1S/C25H25FO4S/c26-25(22-9-5-17-29-22)19(20-7-1-2-15-27-20)6-3-12-24(25,21-8-4-16-28-21)31-23-13-10-18(30-23)11-14-23/h1-7,10,12-13,15-18,20-22H,8-9,11,14H2. The SMILES string of the molecule is FC1(C2CC=CO2)C(C2C=CC=CO2)=CC=CC1(SC12C=CC(CC1)O2)C1CC=CO1. The molecule has 0 aromatic carbocycles. The molecule has 1 fully saturated rings. The molecule has 2 bridgehead atoms. The highest BCUT2D eigenvalue weighted by Crippen LogP contribution is 2.62. The van der Waals surface area contributed by atoms with Gasteiger partial charge in [0.15, 0.2) is 5.67 Å². The van der Waals surface area contributed by atoms with E-state index in [0.717, 1.165) is 12.8 Å². The van der Waals surface area contributed by atoms with Crippen LogP contribution in [0.5, 0.6) is 0 Å². The van der Waals surface area contributed by atoms with E-state index >= 15 is 4.39 Å². The van der Waals surface area contributed by atoms with Gasteiger partial charge < -0.3 is 18.9 Å². The zero-order chi connectivity index (χ0) is 20.9. The first-order valence-corrected chi connectivity index (χ1v) is 11.7. The second kappa shape index (κ2) is 7.17. The minimum Gasteiger partial charge on any atom is -0.496 e. The van der Waals surface area contributed by atoms with Crippen LogP contribution in [-0.4, -0.2) is 39.8 Å². The van der Waals surface area contributed by atoms with Crippen molar-refractivity contribution in [1.82, 2.24) is 0 Å². The molecule has 0 spiro atoms. The van der Waals surface area contributed by atoms with E-state index < -0.39 is 27.6 Å². The monoisotopic (exact) mass is 440 g/mol. The number of halogens is 1. The van der Waals surface area contributed by atoms with Crippen LogP contribution in [0.3, 0.4) is 0 Å². The van der Waals surface area contributed by atoms with Crippen LogP contribution in [0.2, 0.25) is 0 Å². The van der Waals surface area contributed by atoms with E-state index in [-0.39, 0.29) is 12.2 Å². The third kappa shape index (κ3) is 2.84. The highest BCUT2D eigenvalue weighted by atomic mass is 32.2. The quantitative estimate of drug-likeness (QED) is 0.551. The Hall–Kier alpha value is -2.18. The zero-order valence-electron chi connectivity index (χ0n) is 17.1. The molecule has 1 saturated heterocycles. The Bertz CT molecular complexity index is 949. The van der Waals surface area contributed by atoms with Crippen LogP contribution in [0.25, 0.3) is 0 Å². The van der Waals surface area contributed by atoms with Crippen molar-refractivity contribution in [2.75, 3.05) is 0 Å². The number of fused-ring (bicyclic) bond motifs is 2. The van der Waals surface area contributed by atoms with Gasteiger partial charge in [-0.05, 0) is 43.2 Å². The van der Waals surface area contributed by atoms with Crippen LogP contribution in [0.1, 0.15) is 25.7 Å². The molecule has 0 N–H and O–H groups in total. The van der Waals surface area contributed by atoms with Crippen molar-refractivity contribution < 1.29 is 23.3 Å². The number of rotatable bonds is 5. The third-order valence-corrected chi connectivity index (χ3v) is 8.77. The molecule has 7 unspecified atom stereocenters. The van der Waals surface area contributed by atoms with Gasteiger partial charge in [0, 0.05) is 18.4 Å². The molecule has 0 saturated carbocycles. The minimum atomic E-state index is -1.88. The normalized spacial score (nSPS) is 46.3. The predicted octanol–water partition coefficient (Wildman–Crippen LogP) is 5.18. The van der Waals surface area contributed by atoms with Crippen LogP contribution in [0.4, 0.5) is 4.39 Å². The number of hydrogen-bond donors (Lipinski definition) is 0. The van der Waals surface area contributed by atoms with Gasteiger partial charge in [-0.1, -0.05) is 30.4 Å². The number of allylic oxidation sites excluding steroid dienone is 4. The first-order chi connectivity index (χ1) is 15.2. The van der Waals surface area contributed by atoms with E-state index in [1.165, 1.54) is 0 Å². The molecule has 162 valence electrons. The molecular weight excluding hydrogens is 415 g/mol. The lowest BCUT2D eigenvalue weighted by molar-refractivity contribution is -0.0412. The van der Waals surface area contributed by atoms with Crippen LogP contribution >= 0.6 is 11.8 Å². The molecule has 4 nitrogen and oxygen atoms in total. The topological polar surface area (TPSA) is 36.9 Å². The van der Waals surface area contributed by atoms with Crippen molar-refractivity contribution in [3.63, 3.8) is 0 Å². The average Bonchev–Trinajstić information content (AvgIpc) is 3.61. The Morgan fingerprint density at radius 3 is 2.35 bits per heavy atom. The molecule has 5 aliphatic heterocycles. The average molecular weight is 441 g/mol. The van der Waals surface area contributed by atoms with Gasteiger partial charge in [0.25, 0.3) is 0 Å². The highest BCUT2D eigenvalue weighted by molar-refractivity contribution is 8.02. The van der Waals surface area contributed by atoms with Gasteiger partial charge in [0.2, 0.25) is 0 Å². The van der Waals surface area contributed by atoms with Gasteiger partial charge in [0.1, 0.15) is 28.0 Å². The fourth-order valence-electron chi connectivity index (χ4n) is 5.51. The lowest BCUT2D eigenvalue weighted by Crippen LogP contribution is -2.65. The fourth-order valence-corrected chi connectivity index (χ4v) is 7.45. The van der Waals surface area contributed by atoms with Crippen molar-refractivity contribution in [2.24, 2.45) is 0 Å². The van der Waals surface area contributed by atoms with E-state index in [4.69, 9.17) is 18.9 Å². The van der Waals surface area contributed by atoms with Crippen LogP contribution in [-0.2, 0) is 18.9 Å². The van der Waals surface area contributed by atoms with Gasteiger partial charge in [0.05, 0.1) is 24.9 Å². The second-order valence-corrected chi connectivity index (χ2v) is 10.3. The second-order valence-electron chi connectivity index (χ2n) is 8.69. The lowest BCUT2D eigenvalue weighted by atomic mass is 9.69. The Balaban J connectivity index is 1.48. The zero-order valence-corrected chi connectivity index (χ0v) is 17.9. The molecule has 5 heterocycles. The van der Waals surface area contributed by atoms with Crippen LogP contribution in [0.15, 0.2) is 85.1 Å². The molecule has 6 heteroatoms. The molecule has 0 amide bonds. The summed E-state index contributed by atoms with van der Waals surface area (Å²) in [5.74, 6) is 0. The first kappa shape index (κ1) is 19.5. The van der Waals surface area contributed by atoms with E-state index in [1.807, 2.05) is 48.6 Å². The minimum absolute atomic E-state index is 0.114. The maximum atomic E-state index is 18.0. The van der Waals surface area contributed by atoms with E-state index in [9.17, 15) is 0 Å². The Labute approximate surface area is 185 Å². The molecule has 6 aliphatic rings. The molecule has 1 aliphatic carbocycles. The smallest absolute Gasteiger partial charge is 0.194 e. The molecule has 7 atom stereocenters. The summed E-state index contributed by atoms with van der Waals surface area (Å²) < 4.78 is 41.1. The summed E-state index contributed by atoms with van der Waals surface area (Å²) in [7, 11) is 0. The van der Waals surface area contributed by atoms with Crippen molar-refractivity contribution in [3.05, 3.63) is 85.1 Å². The maximum absolute atomic E-state index is 18.0. The first-order valence-electron chi connectivity index (χ1n) is 10.9. The molecule has 6 rings (SSSR count).